The zero-order valence-corrected chi connectivity index (χ0v) is 8.54. The number of nitrogens with one attached hydrogen (secondary N) is 1. The largest absolute Gasteiger partial charge is 0.379 e. The molecule has 0 spiro atoms. The topological polar surface area (TPSA) is 112 Å². The summed E-state index contributed by atoms with van der Waals surface area (Å²) < 4.78 is 6.12. The zero-order chi connectivity index (χ0) is 11.5. The highest BCUT2D eigenvalue weighted by atomic mass is 16.6. The molecule has 0 fully saturated rings. The lowest BCUT2D eigenvalue weighted by atomic mass is 10.4. The number of carbonyl (C=O) groups is 1. The first kappa shape index (κ1) is 10.1. The molecule has 1 amide bonds. The van der Waals surface area contributed by atoms with Gasteiger partial charge >= 0.3 is 0 Å². The first-order valence-electron chi connectivity index (χ1n) is 4.51. The van der Waals surface area contributed by atoms with E-state index in [9.17, 15) is 4.79 Å². The van der Waals surface area contributed by atoms with Gasteiger partial charge in [-0.25, -0.2) is 9.61 Å². The molecule has 0 unspecified atom stereocenters. The van der Waals surface area contributed by atoms with Crippen LogP contribution in [0.1, 0.15) is 16.3 Å². The molecule has 2 aromatic rings. The van der Waals surface area contributed by atoms with Gasteiger partial charge in [-0.1, -0.05) is 0 Å². The Morgan fingerprint density at radius 3 is 3.00 bits per heavy atom. The van der Waals surface area contributed by atoms with Crippen LogP contribution in [0.25, 0.3) is 0 Å². The zero-order valence-electron chi connectivity index (χ0n) is 8.54. The maximum Gasteiger partial charge on any atom is 0.277 e. The van der Waals surface area contributed by atoms with E-state index in [-0.39, 0.29) is 18.1 Å². The Kier molecular flexibility index (Phi) is 2.54. The van der Waals surface area contributed by atoms with Gasteiger partial charge in [-0.15, -0.1) is 0 Å². The van der Waals surface area contributed by atoms with Crippen LogP contribution >= 0.6 is 0 Å². The lowest BCUT2D eigenvalue weighted by Crippen LogP contribution is -2.25. The molecule has 84 valence electrons. The van der Waals surface area contributed by atoms with Gasteiger partial charge in [0, 0.05) is 19.4 Å². The van der Waals surface area contributed by atoms with Crippen molar-refractivity contribution in [3.8, 4) is 0 Å². The Morgan fingerprint density at radius 1 is 1.62 bits per heavy atom. The molecule has 0 atom stereocenters. The fourth-order valence-electron chi connectivity index (χ4n) is 1.16. The van der Waals surface area contributed by atoms with Crippen molar-refractivity contribution in [2.24, 2.45) is 7.05 Å². The van der Waals surface area contributed by atoms with Crippen LogP contribution in [-0.2, 0) is 13.6 Å². The van der Waals surface area contributed by atoms with Crippen molar-refractivity contribution >= 4 is 11.7 Å². The Bertz CT molecular complexity index is 502. The second-order valence-electron chi connectivity index (χ2n) is 3.14. The number of aryl methyl sites for hydroxylation is 1. The van der Waals surface area contributed by atoms with Gasteiger partial charge < -0.3 is 15.6 Å². The van der Waals surface area contributed by atoms with Gasteiger partial charge in [0.15, 0.2) is 0 Å². The van der Waals surface area contributed by atoms with Gasteiger partial charge in [-0.3, -0.25) is 4.79 Å². The summed E-state index contributed by atoms with van der Waals surface area (Å²) in [4.78, 5) is 15.6. The highest BCUT2D eigenvalue weighted by molar-refractivity contribution is 5.95. The van der Waals surface area contributed by atoms with Gasteiger partial charge in [0.25, 0.3) is 5.91 Å². The second kappa shape index (κ2) is 4.01. The van der Waals surface area contributed by atoms with Crippen molar-refractivity contribution in [3.63, 3.8) is 0 Å². The van der Waals surface area contributed by atoms with Crippen molar-refractivity contribution in [2.45, 2.75) is 6.54 Å². The van der Waals surface area contributed by atoms with Crippen LogP contribution in [0.3, 0.4) is 0 Å². The number of nitrogens with two attached hydrogens (primary N) is 1. The van der Waals surface area contributed by atoms with Gasteiger partial charge in [0.1, 0.15) is 5.82 Å². The monoisotopic (exact) mass is 222 g/mol. The Morgan fingerprint density at radius 2 is 2.44 bits per heavy atom. The smallest absolute Gasteiger partial charge is 0.277 e. The number of hydrogen-bond donors (Lipinski definition) is 2. The maximum atomic E-state index is 11.5. The molecule has 8 heteroatoms. The van der Waals surface area contributed by atoms with E-state index in [2.05, 4.69) is 25.2 Å². The third-order valence-electron chi connectivity index (χ3n) is 2.06. The fraction of sp³-hybridized carbons (Fsp3) is 0.250. The Labute approximate surface area is 90.4 Å². The normalized spacial score (nSPS) is 10.3. The Hall–Kier alpha value is -2.38. The molecular formula is C8H10N6O2. The molecule has 0 aromatic carbocycles. The average Bonchev–Trinajstić information content (AvgIpc) is 2.84. The van der Waals surface area contributed by atoms with Crippen LogP contribution in [-0.4, -0.2) is 25.8 Å². The average molecular weight is 222 g/mol. The quantitative estimate of drug-likeness (QED) is 0.711. The number of imidazole rings is 1. The standard InChI is InChI=1S/C8H10N6O2/c1-14-3-2-10-5(14)4-11-8(15)6-7(9)13-16-12-6/h2-3H,4H2,1H3,(H2,9,13)(H,11,15). The minimum Gasteiger partial charge on any atom is -0.379 e. The van der Waals surface area contributed by atoms with E-state index in [4.69, 9.17) is 5.73 Å². The molecule has 2 heterocycles. The van der Waals surface area contributed by atoms with Crippen LogP contribution in [0.15, 0.2) is 17.0 Å². The predicted molar refractivity (Wildman–Crippen MR) is 53.1 cm³/mol. The number of anilines is 1. The molecule has 0 radical (unpaired) electrons. The van der Waals surface area contributed by atoms with Crippen molar-refractivity contribution < 1.29 is 9.42 Å². The van der Waals surface area contributed by atoms with E-state index in [0.717, 1.165) is 5.82 Å². The SMILES string of the molecule is Cn1ccnc1CNC(=O)c1nonc1N. The van der Waals surface area contributed by atoms with E-state index in [1.54, 1.807) is 17.0 Å². The number of carbonyl (C=O) groups excluding carboxylic acids is 1. The number of nitrogen functional groups attached to an aromatic ring is 1. The predicted octanol–water partition coefficient (Wildman–Crippen LogP) is -0.685. The molecule has 0 aliphatic rings. The molecular weight excluding hydrogens is 212 g/mol. The minimum atomic E-state index is -0.443. The van der Waals surface area contributed by atoms with Crippen molar-refractivity contribution in [2.75, 3.05) is 5.73 Å². The van der Waals surface area contributed by atoms with Crippen LogP contribution in [0.2, 0.25) is 0 Å². The molecule has 0 aliphatic heterocycles. The Balaban J connectivity index is 1.99. The van der Waals surface area contributed by atoms with Gasteiger partial charge in [0.05, 0.1) is 6.54 Å². The summed E-state index contributed by atoms with van der Waals surface area (Å²) in [5.74, 6) is 0.252. The van der Waals surface area contributed by atoms with E-state index < -0.39 is 5.91 Å². The number of rotatable bonds is 3. The summed E-state index contributed by atoms with van der Waals surface area (Å²) in [5.41, 5.74) is 5.35. The van der Waals surface area contributed by atoms with Gasteiger partial charge in [-0.05, 0) is 10.3 Å². The van der Waals surface area contributed by atoms with Crippen molar-refractivity contribution in [1.82, 2.24) is 25.2 Å². The third kappa shape index (κ3) is 1.85. The summed E-state index contributed by atoms with van der Waals surface area (Å²) in [6, 6.07) is 0. The van der Waals surface area contributed by atoms with E-state index in [0.29, 0.717) is 0 Å². The first-order chi connectivity index (χ1) is 7.68. The molecule has 2 rings (SSSR count). The molecule has 3 N–H and O–H groups in total. The van der Waals surface area contributed by atoms with Crippen LogP contribution in [0.4, 0.5) is 5.82 Å². The molecule has 0 saturated heterocycles. The number of aromatic nitrogens is 4. The molecule has 16 heavy (non-hydrogen) atoms. The highest BCUT2D eigenvalue weighted by Crippen LogP contribution is 2.03. The summed E-state index contributed by atoms with van der Waals surface area (Å²) >= 11 is 0. The number of amides is 1. The molecule has 0 bridgehead atoms. The number of nitrogens with zero attached hydrogens (tertiary/aromatic N) is 4. The minimum absolute atomic E-state index is 0.0193. The van der Waals surface area contributed by atoms with E-state index >= 15 is 0 Å². The lowest BCUT2D eigenvalue weighted by Gasteiger charge is -2.02. The van der Waals surface area contributed by atoms with E-state index in [1.807, 2.05) is 7.05 Å². The molecule has 0 aliphatic carbocycles. The molecule has 8 nitrogen and oxygen atoms in total. The second-order valence-corrected chi connectivity index (χ2v) is 3.14. The van der Waals surface area contributed by atoms with Gasteiger partial charge in [0.2, 0.25) is 11.5 Å². The summed E-state index contributed by atoms with van der Waals surface area (Å²) in [5, 5.41) is 9.30. The van der Waals surface area contributed by atoms with Crippen LogP contribution < -0.4 is 11.1 Å². The molecule has 2 aromatic heterocycles. The lowest BCUT2D eigenvalue weighted by molar-refractivity contribution is 0.0940. The van der Waals surface area contributed by atoms with Gasteiger partial charge in [-0.2, -0.15) is 0 Å². The van der Waals surface area contributed by atoms with Crippen LogP contribution in [0.5, 0.6) is 0 Å². The summed E-state index contributed by atoms with van der Waals surface area (Å²) in [7, 11) is 1.83. The van der Waals surface area contributed by atoms with Crippen LogP contribution in [0, 0.1) is 0 Å². The maximum absolute atomic E-state index is 11.5. The highest BCUT2D eigenvalue weighted by Gasteiger charge is 2.15. The first-order valence-corrected chi connectivity index (χ1v) is 4.51. The summed E-state index contributed by atoms with van der Waals surface area (Å²) in [6.07, 6.45) is 3.43. The summed E-state index contributed by atoms with van der Waals surface area (Å²) in [6.45, 7) is 0.286. The fourth-order valence-corrected chi connectivity index (χ4v) is 1.16. The van der Waals surface area contributed by atoms with Crippen molar-refractivity contribution in [3.05, 3.63) is 23.9 Å². The molecule has 0 saturated carbocycles. The number of hydrogen-bond acceptors (Lipinski definition) is 6. The third-order valence-corrected chi connectivity index (χ3v) is 2.06. The van der Waals surface area contributed by atoms with E-state index in [1.165, 1.54) is 0 Å². The van der Waals surface area contributed by atoms with Crippen molar-refractivity contribution in [1.29, 1.82) is 0 Å².